The van der Waals surface area contributed by atoms with Gasteiger partial charge in [-0.25, -0.2) is 0 Å². The van der Waals surface area contributed by atoms with Crippen LogP contribution < -0.4 is 0 Å². The molecule has 1 aromatic rings. The van der Waals surface area contributed by atoms with Crippen LogP contribution >= 0.6 is 11.3 Å². The highest BCUT2D eigenvalue weighted by molar-refractivity contribution is 7.09. The third-order valence-electron chi connectivity index (χ3n) is 3.38. The molecule has 1 aromatic heterocycles. The lowest BCUT2D eigenvalue weighted by Crippen LogP contribution is -2.29. The van der Waals surface area contributed by atoms with Crippen LogP contribution in [0.2, 0.25) is 0 Å². The molecular weight excluding hydrogens is 216 g/mol. The minimum absolute atomic E-state index is 0.335. The van der Waals surface area contributed by atoms with Crippen LogP contribution in [0.1, 0.15) is 31.1 Å². The SMILES string of the molecule is CCN(Cc1cccs1)CC1(CC#N)CC1. The molecule has 16 heavy (non-hydrogen) atoms. The molecule has 2 nitrogen and oxygen atoms in total. The second-order valence-corrected chi connectivity index (χ2v) is 5.75. The maximum atomic E-state index is 8.82. The molecule has 3 heteroatoms. The Labute approximate surface area is 102 Å². The number of hydrogen-bond donors (Lipinski definition) is 0. The first-order valence-corrected chi connectivity index (χ1v) is 6.78. The second kappa shape index (κ2) is 4.99. The van der Waals surface area contributed by atoms with E-state index in [9.17, 15) is 0 Å². The van der Waals surface area contributed by atoms with Gasteiger partial charge in [0.15, 0.2) is 0 Å². The van der Waals surface area contributed by atoms with E-state index < -0.39 is 0 Å². The van der Waals surface area contributed by atoms with E-state index >= 15 is 0 Å². The standard InChI is InChI=1S/C13H18N2S/c1-2-15(10-12-4-3-9-16-12)11-13(5-6-13)7-8-14/h3-4,9H,2,5-7,10-11H2,1H3. The van der Waals surface area contributed by atoms with Crippen LogP contribution in [0.4, 0.5) is 0 Å². The van der Waals surface area contributed by atoms with Gasteiger partial charge in [0.1, 0.15) is 0 Å². The van der Waals surface area contributed by atoms with Crippen LogP contribution in [0.5, 0.6) is 0 Å². The van der Waals surface area contributed by atoms with Gasteiger partial charge in [0.25, 0.3) is 0 Å². The molecule has 2 rings (SSSR count). The van der Waals surface area contributed by atoms with Gasteiger partial charge in [-0.1, -0.05) is 13.0 Å². The molecule has 0 aromatic carbocycles. The molecule has 1 saturated carbocycles. The van der Waals surface area contributed by atoms with Crippen molar-refractivity contribution in [1.82, 2.24) is 4.90 Å². The average Bonchev–Trinajstić information content (AvgIpc) is 2.84. The minimum atomic E-state index is 0.335. The second-order valence-electron chi connectivity index (χ2n) is 4.72. The fourth-order valence-electron chi connectivity index (χ4n) is 2.11. The third-order valence-corrected chi connectivity index (χ3v) is 4.24. The van der Waals surface area contributed by atoms with Gasteiger partial charge in [-0.05, 0) is 36.2 Å². The number of nitriles is 1. The lowest BCUT2D eigenvalue weighted by molar-refractivity contribution is 0.225. The van der Waals surface area contributed by atoms with Gasteiger partial charge < -0.3 is 0 Å². The van der Waals surface area contributed by atoms with Gasteiger partial charge in [0, 0.05) is 24.4 Å². The first-order valence-electron chi connectivity index (χ1n) is 5.90. The zero-order valence-corrected chi connectivity index (χ0v) is 10.6. The van der Waals surface area contributed by atoms with Crippen molar-refractivity contribution < 1.29 is 0 Å². The van der Waals surface area contributed by atoms with Crippen LogP contribution in [-0.4, -0.2) is 18.0 Å². The number of thiophene rings is 1. The molecule has 0 N–H and O–H groups in total. The molecule has 1 fully saturated rings. The summed E-state index contributed by atoms with van der Waals surface area (Å²) < 4.78 is 0. The first-order chi connectivity index (χ1) is 7.78. The van der Waals surface area contributed by atoms with E-state index in [4.69, 9.17) is 5.26 Å². The van der Waals surface area contributed by atoms with Gasteiger partial charge >= 0.3 is 0 Å². The minimum Gasteiger partial charge on any atom is -0.298 e. The maximum Gasteiger partial charge on any atom is 0.0628 e. The molecule has 0 bridgehead atoms. The van der Waals surface area contributed by atoms with Gasteiger partial charge in [-0.3, -0.25) is 4.90 Å². The zero-order chi connectivity index (χ0) is 11.4. The summed E-state index contributed by atoms with van der Waals surface area (Å²) in [5, 5.41) is 10.9. The van der Waals surface area contributed by atoms with Crippen molar-refractivity contribution in [3.63, 3.8) is 0 Å². The summed E-state index contributed by atoms with van der Waals surface area (Å²) in [6.07, 6.45) is 3.21. The van der Waals surface area contributed by atoms with Crippen molar-refractivity contribution in [2.24, 2.45) is 5.41 Å². The molecule has 0 unspecified atom stereocenters. The Kier molecular flexibility index (Phi) is 3.63. The van der Waals surface area contributed by atoms with Crippen molar-refractivity contribution in [2.45, 2.75) is 32.7 Å². The summed E-state index contributed by atoms with van der Waals surface area (Å²) in [5.74, 6) is 0. The molecule has 1 aliphatic carbocycles. The molecule has 0 amide bonds. The highest BCUT2D eigenvalue weighted by Crippen LogP contribution is 2.49. The van der Waals surface area contributed by atoms with Crippen LogP contribution in [-0.2, 0) is 6.54 Å². The molecule has 86 valence electrons. The highest BCUT2D eigenvalue weighted by Gasteiger charge is 2.43. The molecule has 1 aliphatic rings. The zero-order valence-electron chi connectivity index (χ0n) is 9.78. The molecular formula is C13H18N2S. The summed E-state index contributed by atoms with van der Waals surface area (Å²) in [7, 11) is 0. The predicted molar refractivity (Wildman–Crippen MR) is 67.2 cm³/mol. The normalized spacial score (nSPS) is 17.3. The fourth-order valence-corrected chi connectivity index (χ4v) is 2.86. The van der Waals surface area contributed by atoms with Gasteiger partial charge in [-0.2, -0.15) is 5.26 Å². The van der Waals surface area contributed by atoms with Crippen LogP contribution in [0.3, 0.4) is 0 Å². The van der Waals surface area contributed by atoms with Crippen LogP contribution in [0.15, 0.2) is 17.5 Å². The van der Waals surface area contributed by atoms with E-state index in [0.29, 0.717) is 5.41 Å². The number of rotatable bonds is 6. The Morgan fingerprint density at radius 2 is 2.38 bits per heavy atom. The van der Waals surface area contributed by atoms with Gasteiger partial charge in [0.2, 0.25) is 0 Å². The van der Waals surface area contributed by atoms with E-state index in [1.165, 1.54) is 17.7 Å². The lowest BCUT2D eigenvalue weighted by Gasteiger charge is -2.24. The smallest absolute Gasteiger partial charge is 0.0628 e. The number of hydrogen-bond acceptors (Lipinski definition) is 3. The average molecular weight is 234 g/mol. The monoisotopic (exact) mass is 234 g/mol. The Morgan fingerprint density at radius 1 is 1.56 bits per heavy atom. The number of nitrogens with zero attached hydrogens (tertiary/aromatic N) is 2. The Morgan fingerprint density at radius 3 is 2.88 bits per heavy atom. The molecule has 0 saturated heterocycles. The van der Waals surface area contributed by atoms with E-state index in [-0.39, 0.29) is 0 Å². The summed E-state index contributed by atoms with van der Waals surface area (Å²) >= 11 is 1.82. The predicted octanol–water partition coefficient (Wildman–Crippen LogP) is 3.26. The van der Waals surface area contributed by atoms with Crippen LogP contribution in [0.25, 0.3) is 0 Å². The largest absolute Gasteiger partial charge is 0.298 e. The topological polar surface area (TPSA) is 27.0 Å². The molecule has 1 heterocycles. The van der Waals surface area contributed by atoms with E-state index in [0.717, 1.165) is 26.1 Å². The van der Waals surface area contributed by atoms with Crippen molar-refractivity contribution in [3.8, 4) is 6.07 Å². The van der Waals surface area contributed by atoms with Crippen molar-refractivity contribution in [1.29, 1.82) is 5.26 Å². The van der Waals surface area contributed by atoms with Crippen molar-refractivity contribution in [3.05, 3.63) is 22.4 Å². The Hall–Kier alpha value is -0.850. The quantitative estimate of drug-likeness (QED) is 0.755. The third kappa shape index (κ3) is 2.84. The molecule has 0 radical (unpaired) electrons. The Balaban J connectivity index is 1.89. The fraction of sp³-hybridized carbons (Fsp3) is 0.615. The summed E-state index contributed by atoms with van der Waals surface area (Å²) in [5.41, 5.74) is 0.335. The van der Waals surface area contributed by atoms with E-state index in [1.54, 1.807) is 0 Å². The van der Waals surface area contributed by atoms with Gasteiger partial charge in [-0.15, -0.1) is 11.3 Å². The molecule has 0 atom stereocenters. The van der Waals surface area contributed by atoms with Crippen LogP contribution in [0, 0.1) is 16.7 Å². The van der Waals surface area contributed by atoms with Crippen molar-refractivity contribution in [2.75, 3.05) is 13.1 Å². The van der Waals surface area contributed by atoms with Gasteiger partial charge in [0.05, 0.1) is 6.07 Å². The summed E-state index contributed by atoms with van der Waals surface area (Å²) in [4.78, 5) is 3.89. The summed E-state index contributed by atoms with van der Waals surface area (Å²) in [6, 6.07) is 6.63. The molecule has 0 aliphatic heterocycles. The summed E-state index contributed by atoms with van der Waals surface area (Å²) in [6.45, 7) is 5.41. The first kappa shape index (κ1) is 11.6. The van der Waals surface area contributed by atoms with E-state index in [2.05, 4.69) is 35.4 Å². The highest BCUT2D eigenvalue weighted by atomic mass is 32.1. The lowest BCUT2D eigenvalue weighted by atomic mass is 10.0. The Bertz CT molecular complexity index is 360. The van der Waals surface area contributed by atoms with E-state index in [1.807, 2.05) is 11.3 Å². The molecule has 0 spiro atoms. The van der Waals surface area contributed by atoms with Crippen molar-refractivity contribution >= 4 is 11.3 Å². The maximum absolute atomic E-state index is 8.82.